The van der Waals surface area contributed by atoms with E-state index in [1.165, 1.54) is 0 Å². The smallest absolute Gasteiger partial charge is 0.0833 e. The number of rotatable bonds is 5. The van der Waals surface area contributed by atoms with E-state index >= 15 is 0 Å². The minimum Gasteiger partial charge on any atom is -0.391 e. The van der Waals surface area contributed by atoms with Crippen molar-refractivity contribution in [1.29, 1.82) is 0 Å². The molecule has 78 valence electrons. The van der Waals surface area contributed by atoms with Crippen LogP contribution < -0.4 is 0 Å². The molecule has 0 bridgehead atoms. The van der Waals surface area contributed by atoms with E-state index in [1.807, 2.05) is 37.3 Å². The zero-order valence-corrected chi connectivity index (χ0v) is 8.81. The van der Waals surface area contributed by atoms with Crippen molar-refractivity contribution >= 4 is 0 Å². The first kappa shape index (κ1) is 11.2. The lowest BCUT2D eigenvalue weighted by atomic mass is 10.2. The Labute approximate surface area is 85.5 Å². The number of aliphatic hydroxyl groups excluding tert-OH is 1. The van der Waals surface area contributed by atoms with Crippen LogP contribution in [-0.4, -0.2) is 17.3 Å². The third-order valence-electron chi connectivity index (χ3n) is 2.25. The highest BCUT2D eigenvalue weighted by Gasteiger charge is 2.12. The Morgan fingerprint density at radius 2 is 1.93 bits per heavy atom. The van der Waals surface area contributed by atoms with Crippen molar-refractivity contribution in [2.24, 2.45) is 0 Å². The van der Waals surface area contributed by atoms with E-state index in [4.69, 9.17) is 4.74 Å². The third kappa shape index (κ3) is 3.48. The predicted octanol–water partition coefficient (Wildman–Crippen LogP) is 2.36. The van der Waals surface area contributed by atoms with Crippen LogP contribution in [0.4, 0.5) is 0 Å². The first-order valence-electron chi connectivity index (χ1n) is 5.07. The summed E-state index contributed by atoms with van der Waals surface area (Å²) in [4.78, 5) is 0. The molecule has 0 aromatic heterocycles. The second-order valence-electron chi connectivity index (χ2n) is 3.48. The molecule has 14 heavy (non-hydrogen) atoms. The molecule has 2 heteroatoms. The SMILES string of the molecule is CCC(OCc1ccccc1)C(C)O. The van der Waals surface area contributed by atoms with Crippen molar-refractivity contribution < 1.29 is 9.84 Å². The van der Waals surface area contributed by atoms with Gasteiger partial charge in [-0.2, -0.15) is 0 Å². The molecule has 0 saturated carbocycles. The fourth-order valence-corrected chi connectivity index (χ4v) is 1.38. The summed E-state index contributed by atoms with van der Waals surface area (Å²) in [5.74, 6) is 0. The maximum atomic E-state index is 9.37. The molecule has 0 fully saturated rings. The van der Waals surface area contributed by atoms with E-state index in [9.17, 15) is 5.11 Å². The summed E-state index contributed by atoms with van der Waals surface area (Å²) < 4.78 is 5.59. The molecule has 0 aliphatic carbocycles. The minimum atomic E-state index is -0.399. The zero-order chi connectivity index (χ0) is 10.4. The average Bonchev–Trinajstić information content (AvgIpc) is 2.20. The van der Waals surface area contributed by atoms with Gasteiger partial charge in [-0.1, -0.05) is 37.3 Å². The molecule has 2 unspecified atom stereocenters. The first-order chi connectivity index (χ1) is 6.74. The summed E-state index contributed by atoms with van der Waals surface area (Å²) in [6, 6.07) is 10.0. The molecule has 0 aliphatic rings. The van der Waals surface area contributed by atoms with E-state index in [-0.39, 0.29) is 6.10 Å². The molecular formula is C12H18O2. The Bertz CT molecular complexity index is 244. The van der Waals surface area contributed by atoms with Gasteiger partial charge in [-0.25, -0.2) is 0 Å². The fourth-order valence-electron chi connectivity index (χ4n) is 1.38. The van der Waals surface area contributed by atoms with Crippen molar-refractivity contribution in [1.82, 2.24) is 0 Å². The molecular weight excluding hydrogens is 176 g/mol. The number of ether oxygens (including phenoxy) is 1. The highest BCUT2D eigenvalue weighted by atomic mass is 16.5. The molecule has 1 rings (SSSR count). The Hall–Kier alpha value is -0.860. The van der Waals surface area contributed by atoms with Crippen LogP contribution in [0.5, 0.6) is 0 Å². The van der Waals surface area contributed by atoms with Gasteiger partial charge in [0.1, 0.15) is 0 Å². The van der Waals surface area contributed by atoms with Gasteiger partial charge in [0, 0.05) is 0 Å². The Balaban J connectivity index is 2.40. The molecule has 1 aromatic carbocycles. The number of hydrogen-bond acceptors (Lipinski definition) is 2. The van der Waals surface area contributed by atoms with Gasteiger partial charge in [-0.3, -0.25) is 0 Å². The van der Waals surface area contributed by atoms with Crippen LogP contribution in [0.25, 0.3) is 0 Å². The number of hydrogen-bond donors (Lipinski definition) is 1. The van der Waals surface area contributed by atoms with Crippen LogP contribution in [0.1, 0.15) is 25.8 Å². The Kier molecular flexibility index (Phi) is 4.63. The standard InChI is InChI=1S/C12H18O2/c1-3-12(10(2)13)14-9-11-7-5-4-6-8-11/h4-8,10,12-13H,3,9H2,1-2H3. The summed E-state index contributed by atoms with van der Waals surface area (Å²) in [6.07, 6.45) is 0.378. The zero-order valence-electron chi connectivity index (χ0n) is 8.81. The quantitative estimate of drug-likeness (QED) is 0.779. The minimum absolute atomic E-state index is 0.0600. The van der Waals surface area contributed by atoms with Gasteiger partial charge < -0.3 is 9.84 Å². The molecule has 1 N–H and O–H groups in total. The van der Waals surface area contributed by atoms with E-state index < -0.39 is 6.10 Å². The molecule has 0 saturated heterocycles. The van der Waals surface area contributed by atoms with Gasteiger partial charge in [0.15, 0.2) is 0 Å². The Morgan fingerprint density at radius 1 is 1.29 bits per heavy atom. The van der Waals surface area contributed by atoms with Crippen LogP contribution >= 0.6 is 0 Å². The predicted molar refractivity (Wildman–Crippen MR) is 57.0 cm³/mol. The Morgan fingerprint density at radius 3 is 2.43 bits per heavy atom. The summed E-state index contributed by atoms with van der Waals surface area (Å²) in [7, 11) is 0. The van der Waals surface area contributed by atoms with Crippen LogP contribution in [0.3, 0.4) is 0 Å². The second-order valence-corrected chi connectivity index (χ2v) is 3.48. The van der Waals surface area contributed by atoms with E-state index in [0.717, 1.165) is 12.0 Å². The average molecular weight is 194 g/mol. The van der Waals surface area contributed by atoms with E-state index in [1.54, 1.807) is 6.92 Å². The molecule has 1 aromatic rings. The van der Waals surface area contributed by atoms with E-state index in [2.05, 4.69) is 0 Å². The third-order valence-corrected chi connectivity index (χ3v) is 2.25. The highest BCUT2D eigenvalue weighted by molar-refractivity contribution is 5.13. The molecule has 2 nitrogen and oxygen atoms in total. The van der Waals surface area contributed by atoms with Crippen LogP contribution in [-0.2, 0) is 11.3 Å². The molecule has 0 radical (unpaired) electrons. The van der Waals surface area contributed by atoms with Crippen molar-refractivity contribution in [3.63, 3.8) is 0 Å². The molecule has 2 atom stereocenters. The first-order valence-corrected chi connectivity index (χ1v) is 5.07. The van der Waals surface area contributed by atoms with Gasteiger partial charge in [0.05, 0.1) is 18.8 Å². The molecule has 0 heterocycles. The van der Waals surface area contributed by atoms with Crippen molar-refractivity contribution in [2.75, 3.05) is 0 Å². The van der Waals surface area contributed by atoms with Crippen molar-refractivity contribution in [3.8, 4) is 0 Å². The lowest BCUT2D eigenvalue weighted by molar-refractivity contribution is -0.0395. The maximum Gasteiger partial charge on any atom is 0.0833 e. The van der Waals surface area contributed by atoms with Gasteiger partial charge in [0.2, 0.25) is 0 Å². The summed E-state index contributed by atoms with van der Waals surface area (Å²) in [5.41, 5.74) is 1.15. The summed E-state index contributed by atoms with van der Waals surface area (Å²) in [6.45, 7) is 4.35. The molecule has 0 aliphatic heterocycles. The summed E-state index contributed by atoms with van der Waals surface area (Å²) >= 11 is 0. The van der Waals surface area contributed by atoms with Gasteiger partial charge in [-0.15, -0.1) is 0 Å². The molecule has 0 spiro atoms. The monoisotopic (exact) mass is 194 g/mol. The maximum absolute atomic E-state index is 9.37. The second kappa shape index (κ2) is 5.78. The topological polar surface area (TPSA) is 29.5 Å². The lowest BCUT2D eigenvalue weighted by Gasteiger charge is -2.18. The largest absolute Gasteiger partial charge is 0.391 e. The van der Waals surface area contributed by atoms with Crippen LogP contribution in [0.2, 0.25) is 0 Å². The van der Waals surface area contributed by atoms with Crippen molar-refractivity contribution in [3.05, 3.63) is 35.9 Å². The van der Waals surface area contributed by atoms with E-state index in [0.29, 0.717) is 6.61 Å². The number of benzene rings is 1. The number of aliphatic hydroxyl groups is 1. The van der Waals surface area contributed by atoms with Crippen LogP contribution in [0, 0.1) is 0 Å². The van der Waals surface area contributed by atoms with Gasteiger partial charge in [0.25, 0.3) is 0 Å². The molecule has 0 amide bonds. The van der Waals surface area contributed by atoms with Crippen molar-refractivity contribution in [2.45, 2.75) is 39.1 Å². The highest BCUT2D eigenvalue weighted by Crippen LogP contribution is 2.08. The normalized spacial score (nSPS) is 15.1. The lowest BCUT2D eigenvalue weighted by Crippen LogP contribution is -2.25. The fraction of sp³-hybridized carbons (Fsp3) is 0.500. The van der Waals surface area contributed by atoms with Gasteiger partial charge in [-0.05, 0) is 18.9 Å². The summed E-state index contributed by atoms with van der Waals surface area (Å²) in [5, 5.41) is 9.37. The van der Waals surface area contributed by atoms with Gasteiger partial charge >= 0.3 is 0 Å². The van der Waals surface area contributed by atoms with Crippen LogP contribution in [0.15, 0.2) is 30.3 Å².